The predicted octanol–water partition coefficient (Wildman–Crippen LogP) is 2.57. The molecule has 1 saturated heterocycles. The zero-order chi connectivity index (χ0) is 20.2. The lowest BCUT2D eigenvalue weighted by Gasteiger charge is -2.27. The minimum Gasteiger partial charge on any atom is -0.355 e. The van der Waals surface area contributed by atoms with E-state index in [1.54, 1.807) is 6.07 Å². The minimum atomic E-state index is -0.331. The summed E-state index contributed by atoms with van der Waals surface area (Å²) in [6.45, 7) is 2.06. The van der Waals surface area contributed by atoms with Gasteiger partial charge in [0.2, 0.25) is 11.9 Å². The molecule has 3 aromatic rings. The van der Waals surface area contributed by atoms with E-state index in [2.05, 4.69) is 30.3 Å². The van der Waals surface area contributed by atoms with Crippen molar-refractivity contribution in [1.29, 1.82) is 0 Å². The Morgan fingerprint density at radius 2 is 2.07 bits per heavy atom. The van der Waals surface area contributed by atoms with Crippen molar-refractivity contribution in [2.24, 2.45) is 0 Å². The number of thiophene rings is 1. The summed E-state index contributed by atoms with van der Waals surface area (Å²) < 4.78 is 5.28. The van der Waals surface area contributed by atoms with Crippen LogP contribution >= 0.6 is 11.3 Å². The van der Waals surface area contributed by atoms with Crippen LogP contribution < -0.4 is 15.1 Å². The fraction of sp³-hybridized carbons (Fsp3) is 0.421. The summed E-state index contributed by atoms with van der Waals surface area (Å²) in [5.41, 5.74) is 0.228. The SMILES string of the molecule is CN(C)c1nc(CNC(=O)c2cc(-c3cccs3)on2)nc(N2CCCCC2)n1. The van der Waals surface area contributed by atoms with E-state index >= 15 is 0 Å². The summed E-state index contributed by atoms with van der Waals surface area (Å²) in [4.78, 5) is 31.0. The number of nitrogens with one attached hydrogen (secondary N) is 1. The molecule has 0 spiro atoms. The van der Waals surface area contributed by atoms with Crippen LogP contribution in [-0.4, -0.2) is 53.2 Å². The van der Waals surface area contributed by atoms with E-state index in [4.69, 9.17) is 4.52 Å². The van der Waals surface area contributed by atoms with E-state index in [-0.39, 0.29) is 18.1 Å². The lowest BCUT2D eigenvalue weighted by molar-refractivity contribution is 0.0941. The van der Waals surface area contributed by atoms with Crippen LogP contribution in [-0.2, 0) is 6.54 Å². The van der Waals surface area contributed by atoms with Gasteiger partial charge in [0.25, 0.3) is 5.91 Å². The molecule has 0 saturated carbocycles. The number of amides is 1. The van der Waals surface area contributed by atoms with Gasteiger partial charge in [-0.3, -0.25) is 4.79 Å². The number of hydrogen-bond acceptors (Lipinski definition) is 9. The van der Waals surface area contributed by atoms with Gasteiger partial charge < -0.3 is 19.6 Å². The molecular formula is C19H23N7O2S. The first-order valence-corrected chi connectivity index (χ1v) is 10.4. The van der Waals surface area contributed by atoms with Crippen LogP contribution in [0.1, 0.15) is 35.6 Å². The monoisotopic (exact) mass is 413 g/mol. The molecule has 0 aromatic carbocycles. The van der Waals surface area contributed by atoms with Gasteiger partial charge in [-0.1, -0.05) is 11.2 Å². The highest BCUT2D eigenvalue weighted by Crippen LogP contribution is 2.25. The number of anilines is 2. The van der Waals surface area contributed by atoms with Crippen molar-refractivity contribution < 1.29 is 9.32 Å². The molecule has 0 atom stereocenters. The Bertz CT molecular complexity index is 965. The van der Waals surface area contributed by atoms with Crippen LogP contribution in [0.4, 0.5) is 11.9 Å². The van der Waals surface area contributed by atoms with Crippen molar-refractivity contribution in [3.63, 3.8) is 0 Å². The van der Waals surface area contributed by atoms with Gasteiger partial charge in [-0.25, -0.2) is 0 Å². The van der Waals surface area contributed by atoms with Crippen molar-refractivity contribution in [2.75, 3.05) is 37.0 Å². The van der Waals surface area contributed by atoms with Crippen molar-refractivity contribution in [3.05, 3.63) is 35.1 Å². The second-order valence-corrected chi connectivity index (χ2v) is 7.98. The van der Waals surface area contributed by atoms with Crippen LogP contribution in [0.3, 0.4) is 0 Å². The standard InChI is InChI=1S/C19H23N7O2S/c1-25(2)18-21-16(22-19(23-18)26-8-4-3-5-9-26)12-20-17(27)13-11-14(28-24-13)15-7-6-10-29-15/h6-7,10-11H,3-5,8-9,12H2,1-2H3,(H,20,27). The lowest BCUT2D eigenvalue weighted by atomic mass is 10.1. The smallest absolute Gasteiger partial charge is 0.273 e. The number of aromatic nitrogens is 4. The average Bonchev–Trinajstić information content (AvgIpc) is 3.44. The van der Waals surface area contributed by atoms with Gasteiger partial charge in [0, 0.05) is 33.3 Å². The molecule has 4 rings (SSSR count). The lowest BCUT2D eigenvalue weighted by Crippen LogP contribution is -2.33. The van der Waals surface area contributed by atoms with Crippen LogP contribution in [0.25, 0.3) is 10.6 Å². The van der Waals surface area contributed by atoms with E-state index in [1.165, 1.54) is 17.8 Å². The zero-order valence-electron chi connectivity index (χ0n) is 16.5. The minimum absolute atomic E-state index is 0.185. The van der Waals surface area contributed by atoms with Gasteiger partial charge >= 0.3 is 0 Å². The van der Waals surface area contributed by atoms with E-state index in [0.29, 0.717) is 23.5 Å². The fourth-order valence-electron chi connectivity index (χ4n) is 3.08. The zero-order valence-corrected chi connectivity index (χ0v) is 17.3. The summed E-state index contributed by atoms with van der Waals surface area (Å²) in [6, 6.07) is 5.48. The van der Waals surface area contributed by atoms with Gasteiger partial charge in [0.05, 0.1) is 11.4 Å². The molecule has 29 heavy (non-hydrogen) atoms. The normalized spacial score (nSPS) is 14.1. The van der Waals surface area contributed by atoms with Crippen LogP contribution in [0.15, 0.2) is 28.1 Å². The van der Waals surface area contributed by atoms with E-state index in [9.17, 15) is 4.79 Å². The quantitative estimate of drug-likeness (QED) is 0.658. The molecule has 1 N–H and O–H groups in total. The van der Waals surface area contributed by atoms with E-state index in [1.807, 2.05) is 36.5 Å². The van der Waals surface area contributed by atoms with Gasteiger partial charge in [-0.15, -0.1) is 11.3 Å². The molecule has 10 heteroatoms. The second kappa shape index (κ2) is 8.56. The summed E-state index contributed by atoms with van der Waals surface area (Å²) in [6.07, 6.45) is 3.50. The number of piperidine rings is 1. The first-order chi connectivity index (χ1) is 14.1. The number of hydrogen-bond donors (Lipinski definition) is 1. The molecule has 1 amide bonds. The first kappa shape index (κ1) is 19.3. The maximum absolute atomic E-state index is 12.5. The highest BCUT2D eigenvalue weighted by Gasteiger charge is 2.18. The molecule has 0 unspecified atom stereocenters. The van der Waals surface area contributed by atoms with Crippen LogP contribution in [0, 0.1) is 0 Å². The topological polar surface area (TPSA) is 100 Å². The van der Waals surface area contributed by atoms with Gasteiger partial charge in [0.15, 0.2) is 17.3 Å². The highest BCUT2D eigenvalue weighted by atomic mass is 32.1. The number of rotatable bonds is 6. The Morgan fingerprint density at radius 3 is 2.79 bits per heavy atom. The maximum Gasteiger partial charge on any atom is 0.273 e. The molecule has 1 aliphatic heterocycles. The van der Waals surface area contributed by atoms with Crippen molar-refractivity contribution >= 4 is 29.1 Å². The van der Waals surface area contributed by atoms with Crippen molar-refractivity contribution in [3.8, 4) is 10.6 Å². The van der Waals surface area contributed by atoms with E-state index < -0.39 is 0 Å². The van der Waals surface area contributed by atoms with Gasteiger partial charge in [-0.2, -0.15) is 15.0 Å². The second-order valence-electron chi connectivity index (χ2n) is 7.03. The number of nitrogens with zero attached hydrogens (tertiary/aromatic N) is 6. The summed E-state index contributed by atoms with van der Waals surface area (Å²) in [5.74, 6) is 2.00. The largest absolute Gasteiger partial charge is 0.355 e. The molecule has 1 fully saturated rings. The Morgan fingerprint density at radius 1 is 1.24 bits per heavy atom. The Hall–Kier alpha value is -3.01. The molecular weight excluding hydrogens is 390 g/mol. The molecule has 0 aliphatic carbocycles. The predicted molar refractivity (Wildman–Crippen MR) is 111 cm³/mol. The summed E-state index contributed by atoms with van der Waals surface area (Å²) in [5, 5.41) is 8.64. The van der Waals surface area contributed by atoms with E-state index in [0.717, 1.165) is 30.8 Å². The molecule has 0 radical (unpaired) electrons. The molecule has 1 aliphatic rings. The number of carbonyl (C=O) groups is 1. The molecule has 3 aromatic heterocycles. The van der Waals surface area contributed by atoms with Crippen molar-refractivity contribution in [2.45, 2.75) is 25.8 Å². The maximum atomic E-state index is 12.5. The average molecular weight is 414 g/mol. The van der Waals surface area contributed by atoms with Gasteiger partial charge in [-0.05, 0) is 30.7 Å². The first-order valence-electron chi connectivity index (χ1n) is 9.56. The Labute approximate surface area is 172 Å². The van der Waals surface area contributed by atoms with Crippen LogP contribution in [0.5, 0.6) is 0 Å². The fourth-order valence-corrected chi connectivity index (χ4v) is 3.75. The Kier molecular flexibility index (Phi) is 5.70. The Balaban J connectivity index is 1.47. The highest BCUT2D eigenvalue weighted by molar-refractivity contribution is 7.13. The summed E-state index contributed by atoms with van der Waals surface area (Å²) >= 11 is 1.53. The number of carbonyl (C=O) groups excluding carboxylic acids is 1. The third kappa shape index (κ3) is 4.53. The van der Waals surface area contributed by atoms with Crippen molar-refractivity contribution in [1.82, 2.24) is 25.4 Å². The third-order valence-corrected chi connectivity index (χ3v) is 5.50. The third-order valence-electron chi connectivity index (χ3n) is 4.61. The molecule has 152 valence electrons. The molecule has 4 heterocycles. The van der Waals surface area contributed by atoms with Gasteiger partial charge in [0.1, 0.15) is 0 Å². The van der Waals surface area contributed by atoms with Crippen LogP contribution in [0.2, 0.25) is 0 Å². The molecule has 9 nitrogen and oxygen atoms in total. The summed E-state index contributed by atoms with van der Waals surface area (Å²) in [7, 11) is 3.78. The molecule has 0 bridgehead atoms.